The number of rotatable bonds is 2. The predicted molar refractivity (Wildman–Crippen MR) is 70.0 cm³/mol. The first-order valence-corrected chi connectivity index (χ1v) is 6.68. The number of aryl methyl sites for hydroxylation is 1. The molecule has 1 amide bonds. The molecule has 1 fully saturated rings. The van der Waals surface area contributed by atoms with Gasteiger partial charge in [0.05, 0.1) is 0 Å². The van der Waals surface area contributed by atoms with Crippen molar-refractivity contribution in [3.63, 3.8) is 0 Å². The van der Waals surface area contributed by atoms with Gasteiger partial charge >= 0.3 is 0 Å². The number of nitrogens with two attached hydrogens (primary N) is 1. The molecule has 2 rings (SSSR count). The number of carbonyl (C=O) groups is 1. The third kappa shape index (κ3) is 2.89. The monoisotopic (exact) mass is 252 g/mol. The van der Waals surface area contributed by atoms with Crippen molar-refractivity contribution in [3.05, 3.63) is 23.4 Å². The summed E-state index contributed by atoms with van der Waals surface area (Å²) >= 11 is 1.88. The number of anilines is 1. The van der Waals surface area contributed by atoms with Crippen LogP contribution in [-0.2, 0) is 0 Å². The molecule has 17 heavy (non-hydrogen) atoms. The van der Waals surface area contributed by atoms with Gasteiger partial charge in [-0.05, 0) is 19.1 Å². The smallest absolute Gasteiger partial charge is 0.254 e. The standard InChI is InChI=1S/C11H16N4OS/c1-8-6-9(7-10(13-8)14-12)11(16)15-2-4-17-5-3-15/h6-7H,2-5,12H2,1H3,(H,13,14). The second kappa shape index (κ2) is 5.37. The average Bonchev–Trinajstić information content (AvgIpc) is 2.38. The van der Waals surface area contributed by atoms with E-state index in [1.54, 1.807) is 12.1 Å². The van der Waals surface area contributed by atoms with Crippen LogP contribution in [0.3, 0.4) is 0 Å². The largest absolute Gasteiger partial charge is 0.337 e. The highest BCUT2D eigenvalue weighted by Crippen LogP contribution is 2.15. The van der Waals surface area contributed by atoms with E-state index in [2.05, 4.69) is 10.4 Å². The highest BCUT2D eigenvalue weighted by atomic mass is 32.2. The quantitative estimate of drug-likeness (QED) is 0.603. The number of hydrogen-bond donors (Lipinski definition) is 2. The summed E-state index contributed by atoms with van der Waals surface area (Å²) in [6.07, 6.45) is 0. The van der Waals surface area contributed by atoms with Gasteiger partial charge in [-0.3, -0.25) is 4.79 Å². The zero-order valence-corrected chi connectivity index (χ0v) is 10.6. The van der Waals surface area contributed by atoms with Crippen LogP contribution in [0, 0.1) is 6.92 Å². The Kier molecular flexibility index (Phi) is 3.86. The molecule has 0 spiro atoms. The number of hydrazine groups is 1. The summed E-state index contributed by atoms with van der Waals surface area (Å²) in [6, 6.07) is 3.49. The van der Waals surface area contributed by atoms with Gasteiger partial charge in [0, 0.05) is 35.9 Å². The maximum absolute atomic E-state index is 12.2. The summed E-state index contributed by atoms with van der Waals surface area (Å²) in [7, 11) is 0. The van der Waals surface area contributed by atoms with Crippen molar-refractivity contribution >= 4 is 23.5 Å². The van der Waals surface area contributed by atoms with E-state index in [0.717, 1.165) is 30.3 Å². The van der Waals surface area contributed by atoms with E-state index in [4.69, 9.17) is 5.84 Å². The first-order chi connectivity index (χ1) is 8.20. The minimum absolute atomic E-state index is 0.0623. The maximum Gasteiger partial charge on any atom is 0.254 e. The Hall–Kier alpha value is -1.27. The summed E-state index contributed by atoms with van der Waals surface area (Å²) in [5.74, 6) is 7.94. The van der Waals surface area contributed by atoms with Gasteiger partial charge in [0.15, 0.2) is 0 Å². The van der Waals surface area contributed by atoms with E-state index in [-0.39, 0.29) is 5.91 Å². The third-order valence-electron chi connectivity index (χ3n) is 2.65. The van der Waals surface area contributed by atoms with Gasteiger partial charge in [0.1, 0.15) is 5.82 Å². The first kappa shape index (κ1) is 12.2. The molecule has 1 aliphatic heterocycles. The van der Waals surface area contributed by atoms with Crippen LogP contribution in [0.25, 0.3) is 0 Å². The molecule has 0 bridgehead atoms. The van der Waals surface area contributed by atoms with Gasteiger partial charge in [-0.1, -0.05) is 0 Å². The number of carbonyl (C=O) groups excluding carboxylic acids is 1. The van der Waals surface area contributed by atoms with Crippen LogP contribution in [0.15, 0.2) is 12.1 Å². The molecule has 1 aliphatic rings. The lowest BCUT2D eigenvalue weighted by Gasteiger charge is -2.26. The Morgan fingerprint density at radius 3 is 2.82 bits per heavy atom. The average molecular weight is 252 g/mol. The highest BCUT2D eigenvalue weighted by molar-refractivity contribution is 7.99. The Balaban J connectivity index is 2.20. The van der Waals surface area contributed by atoms with Gasteiger partial charge in [-0.15, -0.1) is 0 Å². The van der Waals surface area contributed by atoms with E-state index in [1.165, 1.54) is 0 Å². The van der Waals surface area contributed by atoms with Gasteiger partial charge in [0.2, 0.25) is 0 Å². The molecular weight excluding hydrogens is 236 g/mol. The van der Waals surface area contributed by atoms with Crippen LogP contribution in [0.4, 0.5) is 5.82 Å². The van der Waals surface area contributed by atoms with Gasteiger partial charge in [-0.25, -0.2) is 10.8 Å². The van der Waals surface area contributed by atoms with Gasteiger partial charge < -0.3 is 10.3 Å². The number of nitrogens with one attached hydrogen (secondary N) is 1. The molecule has 0 aliphatic carbocycles. The zero-order chi connectivity index (χ0) is 12.3. The van der Waals surface area contributed by atoms with Crippen LogP contribution in [-0.4, -0.2) is 40.4 Å². The molecule has 0 radical (unpaired) electrons. The van der Waals surface area contributed by atoms with Crippen LogP contribution < -0.4 is 11.3 Å². The number of thioether (sulfide) groups is 1. The fourth-order valence-corrected chi connectivity index (χ4v) is 2.72. The Morgan fingerprint density at radius 1 is 1.47 bits per heavy atom. The minimum Gasteiger partial charge on any atom is -0.337 e. The number of nitrogens with zero attached hydrogens (tertiary/aromatic N) is 2. The lowest BCUT2D eigenvalue weighted by Crippen LogP contribution is -2.38. The van der Waals surface area contributed by atoms with Crippen molar-refractivity contribution in [2.24, 2.45) is 5.84 Å². The molecule has 0 saturated carbocycles. The molecule has 5 nitrogen and oxygen atoms in total. The Morgan fingerprint density at radius 2 is 2.18 bits per heavy atom. The number of aromatic nitrogens is 1. The van der Waals surface area contributed by atoms with Crippen molar-refractivity contribution in [2.45, 2.75) is 6.92 Å². The van der Waals surface area contributed by atoms with Crippen molar-refractivity contribution in [2.75, 3.05) is 30.0 Å². The van der Waals surface area contributed by atoms with E-state index < -0.39 is 0 Å². The van der Waals surface area contributed by atoms with E-state index in [1.807, 2.05) is 23.6 Å². The summed E-state index contributed by atoms with van der Waals surface area (Å²) in [6.45, 7) is 3.48. The second-order valence-electron chi connectivity index (χ2n) is 3.93. The van der Waals surface area contributed by atoms with Gasteiger partial charge in [0.25, 0.3) is 5.91 Å². The lowest BCUT2D eigenvalue weighted by molar-refractivity contribution is 0.0772. The third-order valence-corrected chi connectivity index (χ3v) is 3.59. The Labute approximate surface area is 105 Å². The molecule has 3 N–H and O–H groups in total. The van der Waals surface area contributed by atoms with E-state index in [0.29, 0.717) is 11.4 Å². The molecule has 1 aromatic heterocycles. The van der Waals surface area contributed by atoms with Crippen LogP contribution in [0.2, 0.25) is 0 Å². The molecule has 2 heterocycles. The van der Waals surface area contributed by atoms with E-state index in [9.17, 15) is 4.79 Å². The number of amides is 1. The van der Waals surface area contributed by atoms with Crippen LogP contribution in [0.1, 0.15) is 16.1 Å². The number of pyridine rings is 1. The SMILES string of the molecule is Cc1cc(C(=O)N2CCSCC2)cc(NN)n1. The highest BCUT2D eigenvalue weighted by Gasteiger charge is 2.19. The molecule has 6 heteroatoms. The molecule has 0 aromatic carbocycles. The van der Waals surface area contributed by atoms with Crippen LogP contribution in [0.5, 0.6) is 0 Å². The minimum atomic E-state index is 0.0623. The first-order valence-electron chi connectivity index (χ1n) is 5.53. The van der Waals surface area contributed by atoms with Crippen molar-refractivity contribution < 1.29 is 4.79 Å². The normalized spacial score (nSPS) is 15.8. The van der Waals surface area contributed by atoms with Gasteiger partial charge in [-0.2, -0.15) is 11.8 Å². The number of nitrogen functional groups attached to an aromatic ring is 1. The predicted octanol–water partition coefficient (Wildman–Crippen LogP) is 0.865. The second-order valence-corrected chi connectivity index (χ2v) is 5.16. The topological polar surface area (TPSA) is 71.2 Å². The summed E-state index contributed by atoms with van der Waals surface area (Å²) < 4.78 is 0. The lowest BCUT2D eigenvalue weighted by atomic mass is 10.2. The fourth-order valence-electron chi connectivity index (χ4n) is 1.81. The molecular formula is C11H16N4OS. The van der Waals surface area contributed by atoms with Crippen molar-refractivity contribution in [1.29, 1.82) is 0 Å². The molecule has 92 valence electrons. The van der Waals surface area contributed by atoms with Crippen LogP contribution >= 0.6 is 11.8 Å². The molecule has 0 unspecified atom stereocenters. The maximum atomic E-state index is 12.2. The Bertz CT molecular complexity index is 418. The summed E-state index contributed by atoms with van der Waals surface area (Å²) in [5.41, 5.74) is 3.92. The molecule has 1 saturated heterocycles. The summed E-state index contributed by atoms with van der Waals surface area (Å²) in [5, 5.41) is 0. The zero-order valence-electron chi connectivity index (χ0n) is 9.77. The fraction of sp³-hybridized carbons (Fsp3) is 0.455. The number of hydrogen-bond acceptors (Lipinski definition) is 5. The molecule has 1 aromatic rings. The summed E-state index contributed by atoms with van der Waals surface area (Å²) in [4.78, 5) is 18.3. The molecule has 0 atom stereocenters. The van der Waals surface area contributed by atoms with E-state index >= 15 is 0 Å². The van der Waals surface area contributed by atoms with Crippen molar-refractivity contribution in [3.8, 4) is 0 Å². The van der Waals surface area contributed by atoms with Crippen molar-refractivity contribution in [1.82, 2.24) is 9.88 Å².